The molecular formula is C22H16ClFN2O2. The summed E-state index contributed by atoms with van der Waals surface area (Å²) in [7, 11) is 0. The predicted molar refractivity (Wildman–Crippen MR) is 106 cm³/mol. The van der Waals surface area contributed by atoms with Gasteiger partial charge in [-0.25, -0.2) is 4.39 Å². The summed E-state index contributed by atoms with van der Waals surface area (Å²) in [4.78, 5) is 27.3. The maximum Gasteiger partial charge on any atom is 0.255 e. The Morgan fingerprint density at radius 1 is 1.04 bits per heavy atom. The first kappa shape index (κ1) is 18.2. The van der Waals surface area contributed by atoms with Crippen molar-refractivity contribution in [3.8, 4) is 0 Å². The Labute approximate surface area is 166 Å². The van der Waals surface area contributed by atoms with Crippen LogP contribution >= 0.6 is 11.6 Å². The van der Waals surface area contributed by atoms with E-state index in [2.05, 4.69) is 5.32 Å². The summed E-state index contributed by atoms with van der Waals surface area (Å²) >= 11 is 6.04. The number of nitrogens with one attached hydrogen (secondary N) is 1. The van der Waals surface area contributed by atoms with E-state index in [1.807, 2.05) is 30.3 Å². The monoisotopic (exact) mass is 394 g/mol. The molecule has 0 saturated carbocycles. The molecule has 4 rings (SSSR count). The van der Waals surface area contributed by atoms with E-state index in [-0.39, 0.29) is 18.4 Å². The first-order chi connectivity index (χ1) is 13.5. The van der Waals surface area contributed by atoms with Crippen molar-refractivity contribution >= 4 is 29.1 Å². The average Bonchev–Trinajstić information content (AvgIpc) is 2.83. The van der Waals surface area contributed by atoms with Crippen LogP contribution < -0.4 is 5.32 Å². The van der Waals surface area contributed by atoms with E-state index in [1.165, 1.54) is 23.1 Å². The zero-order chi connectivity index (χ0) is 19.7. The number of nitrogens with zero attached hydrogens (tertiary/aromatic N) is 1. The van der Waals surface area contributed by atoms with Crippen molar-refractivity contribution in [1.82, 2.24) is 4.90 Å². The number of amides is 2. The number of hydrogen-bond donors (Lipinski definition) is 1. The van der Waals surface area contributed by atoms with Gasteiger partial charge < -0.3 is 10.2 Å². The third kappa shape index (κ3) is 3.49. The summed E-state index contributed by atoms with van der Waals surface area (Å²) in [6.45, 7) is -0.165. The number of halogens is 2. The number of carbonyl (C=O) groups is 2. The maximum absolute atomic E-state index is 14.1. The molecule has 4 nitrogen and oxygen atoms in total. The van der Waals surface area contributed by atoms with Crippen LogP contribution in [0.1, 0.15) is 27.5 Å². The highest BCUT2D eigenvalue weighted by Gasteiger charge is 2.34. The lowest BCUT2D eigenvalue weighted by Gasteiger charge is -2.30. The number of rotatable bonds is 2. The van der Waals surface area contributed by atoms with Crippen LogP contribution in [0.3, 0.4) is 0 Å². The van der Waals surface area contributed by atoms with E-state index in [9.17, 15) is 14.0 Å². The molecule has 1 aliphatic heterocycles. The van der Waals surface area contributed by atoms with Gasteiger partial charge in [0.15, 0.2) is 0 Å². The normalized spacial score (nSPS) is 16.1. The Morgan fingerprint density at radius 2 is 1.82 bits per heavy atom. The average molecular weight is 395 g/mol. The molecule has 1 aliphatic rings. The first-order valence-electron chi connectivity index (χ1n) is 8.74. The molecular weight excluding hydrogens is 379 g/mol. The molecule has 0 radical (unpaired) electrons. The van der Waals surface area contributed by atoms with Gasteiger partial charge in [0.1, 0.15) is 12.4 Å². The van der Waals surface area contributed by atoms with Gasteiger partial charge in [-0.3, -0.25) is 9.59 Å². The van der Waals surface area contributed by atoms with E-state index in [4.69, 9.17) is 11.6 Å². The lowest BCUT2D eigenvalue weighted by Crippen LogP contribution is -2.39. The van der Waals surface area contributed by atoms with E-state index in [0.29, 0.717) is 21.8 Å². The third-order valence-corrected chi connectivity index (χ3v) is 4.89. The third-order valence-electron chi connectivity index (χ3n) is 4.66. The summed E-state index contributed by atoms with van der Waals surface area (Å²) in [5.74, 6) is -1.14. The lowest BCUT2D eigenvalue weighted by atomic mass is 9.95. The van der Waals surface area contributed by atoms with Crippen molar-refractivity contribution in [2.45, 2.75) is 6.04 Å². The van der Waals surface area contributed by atoms with Crippen LogP contribution in [0.2, 0.25) is 5.02 Å². The number of anilines is 1. The van der Waals surface area contributed by atoms with Gasteiger partial charge in [-0.2, -0.15) is 0 Å². The van der Waals surface area contributed by atoms with Gasteiger partial charge in [0.05, 0.1) is 6.04 Å². The second-order valence-electron chi connectivity index (χ2n) is 6.54. The molecule has 0 bridgehead atoms. The molecule has 0 aliphatic carbocycles. The van der Waals surface area contributed by atoms with Crippen molar-refractivity contribution < 1.29 is 14.0 Å². The van der Waals surface area contributed by atoms with Crippen LogP contribution in [0.4, 0.5) is 10.1 Å². The lowest BCUT2D eigenvalue weighted by molar-refractivity contribution is -0.117. The fraction of sp³-hybridized carbons (Fsp3) is 0.0909. The first-order valence-corrected chi connectivity index (χ1v) is 9.11. The van der Waals surface area contributed by atoms with E-state index < -0.39 is 11.9 Å². The van der Waals surface area contributed by atoms with Crippen LogP contribution in [0.25, 0.3) is 0 Å². The van der Waals surface area contributed by atoms with Crippen LogP contribution in [0.15, 0.2) is 72.8 Å². The molecule has 3 aromatic carbocycles. The fourth-order valence-corrected chi connectivity index (χ4v) is 3.64. The van der Waals surface area contributed by atoms with Crippen molar-refractivity contribution in [1.29, 1.82) is 0 Å². The van der Waals surface area contributed by atoms with Crippen LogP contribution in [0.5, 0.6) is 0 Å². The Bertz CT molecular complexity index is 1060. The van der Waals surface area contributed by atoms with E-state index >= 15 is 0 Å². The van der Waals surface area contributed by atoms with Crippen molar-refractivity contribution in [3.05, 3.63) is 100 Å². The van der Waals surface area contributed by atoms with E-state index in [1.54, 1.807) is 24.3 Å². The van der Waals surface area contributed by atoms with Crippen LogP contribution in [-0.4, -0.2) is 23.3 Å². The standard InChI is InChI=1S/C22H16ClFN2O2/c23-16-8-4-7-15(11-16)22(28)26-13-20(27)25-19-10-9-17(24)12-18(19)21(26)14-5-2-1-3-6-14/h1-12,21H,13H2,(H,25,27)/t21-/m0/s1. The molecule has 1 heterocycles. The molecule has 0 unspecified atom stereocenters. The minimum absolute atomic E-state index is 0.165. The number of hydrogen-bond acceptors (Lipinski definition) is 2. The van der Waals surface area contributed by atoms with Gasteiger partial charge in [0, 0.05) is 21.8 Å². The van der Waals surface area contributed by atoms with Gasteiger partial charge in [-0.15, -0.1) is 0 Å². The van der Waals surface area contributed by atoms with Crippen LogP contribution in [-0.2, 0) is 4.79 Å². The SMILES string of the molecule is O=C1CN(C(=O)c2cccc(Cl)c2)[C@@H](c2ccccc2)c2cc(F)ccc2N1. The number of benzene rings is 3. The highest BCUT2D eigenvalue weighted by atomic mass is 35.5. The smallest absolute Gasteiger partial charge is 0.255 e. The predicted octanol–water partition coefficient (Wildman–Crippen LogP) is 4.66. The highest BCUT2D eigenvalue weighted by molar-refractivity contribution is 6.31. The van der Waals surface area contributed by atoms with E-state index in [0.717, 1.165) is 5.56 Å². The molecule has 6 heteroatoms. The minimum atomic E-state index is -0.627. The molecule has 2 amide bonds. The molecule has 3 aromatic rings. The van der Waals surface area contributed by atoms with Gasteiger partial charge in [-0.05, 0) is 42.0 Å². The topological polar surface area (TPSA) is 49.4 Å². The zero-order valence-electron chi connectivity index (χ0n) is 14.7. The Balaban J connectivity index is 1.89. The van der Waals surface area contributed by atoms with Crippen LogP contribution in [0, 0.1) is 5.82 Å². The van der Waals surface area contributed by atoms with Gasteiger partial charge in [-0.1, -0.05) is 48.0 Å². The summed E-state index contributed by atoms with van der Waals surface area (Å²) < 4.78 is 14.1. The number of fused-ring (bicyclic) bond motifs is 1. The van der Waals surface area contributed by atoms with Gasteiger partial charge in [0.2, 0.25) is 5.91 Å². The largest absolute Gasteiger partial charge is 0.324 e. The summed E-state index contributed by atoms with van der Waals surface area (Å²) in [6, 6.07) is 19.3. The molecule has 1 atom stereocenters. The second-order valence-corrected chi connectivity index (χ2v) is 6.97. The molecule has 1 N–H and O–H groups in total. The molecule has 140 valence electrons. The second kappa shape index (κ2) is 7.44. The Morgan fingerprint density at radius 3 is 2.57 bits per heavy atom. The van der Waals surface area contributed by atoms with Gasteiger partial charge in [0.25, 0.3) is 5.91 Å². The molecule has 0 spiro atoms. The summed E-state index contributed by atoms with van der Waals surface area (Å²) in [6.07, 6.45) is 0. The van der Waals surface area contributed by atoms with Crippen molar-refractivity contribution in [2.75, 3.05) is 11.9 Å². The maximum atomic E-state index is 14.1. The van der Waals surface area contributed by atoms with Crippen molar-refractivity contribution in [2.24, 2.45) is 0 Å². The highest BCUT2D eigenvalue weighted by Crippen LogP contribution is 2.37. The Hall–Kier alpha value is -3.18. The molecule has 0 fully saturated rings. The molecule has 28 heavy (non-hydrogen) atoms. The van der Waals surface area contributed by atoms with Gasteiger partial charge >= 0.3 is 0 Å². The number of carbonyl (C=O) groups excluding carboxylic acids is 2. The molecule has 0 saturated heterocycles. The fourth-order valence-electron chi connectivity index (χ4n) is 3.45. The zero-order valence-corrected chi connectivity index (χ0v) is 15.5. The summed E-state index contributed by atoms with van der Waals surface area (Å²) in [5.41, 5.74) is 2.15. The molecule has 0 aromatic heterocycles. The quantitative estimate of drug-likeness (QED) is 0.687. The minimum Gasteiger partial charge on any atom is -0.324 e. The summed E-state index contributed by atoms with van der Waals surface area (Å²) in [5, 5.41) is 3.20. The van der Waals surface area contributed by atoms with Crippen molar-refractivity contribution in [3.63, 3.8) is 0 Å². The Kier molecular flexibility index (Phi) is 4.84.